The van der Waals surface area contributed by atoms with Gasteiger partial charge in [0, 0.05) is 26.0 Å². The van der Waals surface area contributed by atoms with Crippen LogP contribution >= 0.6 is 0 Å². The van der Waals surface area contributed by atoms with Gasteiger partial charge in [-0.15, -0.1) is 0 Å². The molecule has 210 valence electrons. The van der Waals surface area contributed by atoms with Crippen molar-refractivity contribution < 1.29 is 19.7 Å². The summed E-state index contributed by atoms with van der Waals surface area (Å²) in [5.74, 6) is -0.0395. The number of carbonyl (C=O) groups excluding carboxylic acids is 1. The van der Waals surface area contributed by atoms with Crippen LogP contribution in [0.1, 0.15) is 55.8 Å². The summed E-state index contributed by atoms with van der Waals surface area (Å²) in [5.41, 5.74) is 2.40. The van der Waals surface area contributed by atoms with Crippen LogP contribution in [0, 0.1) is 0 Å². The van der Waals surface area contributed by atoms with Crippen molar-refractivity contribution >= 4 is 12.1 Å². The number of aromatic nitrogens is 2. The van der Waals surface area contributed by atoms with Crippen molar-refractivity contribution in [3.63, 3.8) is 0 Å². The van der Waals surface area contributed by atoms with Gasteiger partial charge in [0.15, 0.2) is 0 Å². The number of aliphatic hydroxyl groups excluding tert-OH is 1. The van der Waals surface area contributed by atoms with E-state index < -0.39 is 17.4 Å². The maximum Gasteiger partial charge on any atom is 0.325 e. The lowest BCUT2D eigenvalue weighted by Gasteiger charge is -2.14. The van der Waals surface area contributed by atoms with E-state index in [1.807, 2.05) is 24.3 Å². The number of aromatic amines is 2. The summed E-state index contributed by atoms with van der Waals surface area (Å²) in [6.07, 6.45) is 8.35. The van der Waals surface area contributed by atoms with E-state index in [0.717, 1.165) is 70.3 Å². The first-order valence-electron chi connectivity index (χ1n) is 13.4. The van der Waals surface area contributed by atoms with Crippen LogP contribution in [-0.4, -0.2) is 52.9 Å². The van der Waals surface area contributed by atoms with Gasteiger partial charge >= 0.3 is 5.69 Å². The van der Waals surface area contributed by atoms with Gasteiger partial charge in [-0.2, -0.15) is 0 Å². The molecule has 0 aliphatic heterocycles. The molecule has 0 unspecified atom stereocenters. The van der Waals surface area contributed by atoms with E-state index in [2.05, 4.69) is 20.6 Å². The molecule has 1 aromatic heterocycles. The molecule has 0 radical (unpaired) electrons. The summed E-state index contributed by atoms with van der Waals surface area (Å²) in [7, 11) is 0. The second kappa shape index (κ2) is 16.3. The third kappa shape index (κ3) is 10.2. The van der Waals surface area contributed by atoms with Crippen molar-refractivity contribution in [3.05, 3.63) is 80.6 Å². The smallest absolute Gasteiger partial charge is 0.325 e. The van der Waals surface area contributed by atoms with E-state index in [1.54, 1.807) is 12.1 Å². The molecule has 2 aromatic carbocycles. The first-order valence-corrected chi connectivity index (χ1v) is 13.4. The number of carbonyl (C=O) groups is 1. The fourth-order valence-electron chi connectivity index (χ4n) is 4.21. The van der Waals surface area contributed by atoms with E-state index in [1.165, 1.54) is 17.8 Å². The first-order chi connectivity index (χ1) is 19.0. The molecule has 1 heterocycles. The lowest BCUT2D eigenvalue weighted by molar-refractivity contribution is -0.105. The number of rotatable bonds is 18. The number of nitrogens with one attached hydrogen (secondary N) is 4. The molecule has 0 saturated carbocycles. The van der Waals surface area contributed by atoms with Crippen LogP contribution in [0.15, 0.2) is 58.3 Å². The van der Waals surface area contributed by atoms with Gasteiger partial charge in [0.05, 0.1) is 17.4 Å². The van der Waals surface area contributed by atoms with E-state index >= 15 is 0 Å². The number of H-pyrrole nitrogens is 2. The molecule has 1 amide bonds. The van der Waals surface area contributed by atoms with Gasteiger partial charge in [-0.3, -0.25) is 14.6 Å². The number of ether oxygens (including phenoxy) is 1. The van der Waals surface area contributed by atoms with Crippen molar-refractivity contribution in [1.82, 2.24) is 15.3 Å². The Bertz CT molecular complexity index is 1270. The third-order valence-electron chi connectivity index (χ3n) is 6.44. The Hall–Kier alpha value is -3.73. The van der Waals surface area contributed by atoms with Crippen LogP contribution in [0.25, 0.3) is 11.1 Å². The minimum atomic E-state index is -0.724. The lowest BCUT2D eigenvalue weighted by atomic mass is 10.0. The minimum absolute atomic E-state index is 0.0395. The summed E-state index contributed by atoms with van der Waals surface area (Å²) >= 11 is 0. The monoisotopic (exact) mass is 538 g/mol. The van der Waals surface area contributed by atoms with Gasteiger partial charge in [0.2, 0.25) is 6.41 Å². The second-order valence-electron chi connectivity index (χ2n) is 9.42. The van der Waals surface area contributed by atoms with Crippen LogP contribution < -0.4 is 21.9 Å². The van der Waals surface area contributed by atoms with Gasteiger partial charge in [-0.1, -0.05) is 43.2 Å². The number of aryl methyl sites for hydroxylation is 1. The van der Waals surface area contributed by atoms with Crippen molar-refractivity contribution in [2.75, 3.05) is 31.6 Å². The largest absolute Gasteiger partial charge is 0.506 e. The van der Waals surface area contributed by atoms with E-state index in [9.17, 15) is 24.6 Å². The zero-order chi connectivity index (χ0) is 27.9. The molecule has 1 atom stereocenters. The molecule has 3 aromatic rings. The lowest BCUT2D eigenvalue weighted by Crippen LogP contribution is -2.22. The van der Waals surface area contributed by atoms with E-state index in [0.29, 0.717) is 24.1 Å². The number of benzene rings is 2. The summed E-state index contributed by atoms with van der Waals surface area (Å²) in [6, 6.07) is 12.5. The maximum atomic E-state index is 11.9. The first kappa shape index (κ1) is 29.8. The summed E-state index contributed by atoms with van der Waals surface area (Å²) in [5, 5.41) is 25.6. The number of phenolic OH excluding ortho intramolecular Hbond substituents is 1. The normalized spacial score (nSPS) is 11.8. The second-order valence-corrected chi connectivity index (χ2v) is 9.42. The average molecular weight is 539 g/mol. The van der Waals surface area contributed by atoms with Crippen LogP contribution in [-0.2, 0) is 16.0 Å². The number of anilines is 1. The molecular formula is C29H38N4O6. The molecule has 0 aliphatic carbocycles. The third-order valence-corrected chi connectivity index (χ3v) is 6.44. The predicted octanol–water partition coefficient (Wildman–Crippen LogP) is 3.23. The number of hydrogen-bond donors (Lipinski definition) is 6. The van der Waals surface area contributed by atoms with E-state index in [-0.39, 0.29) is 11.4 Å². The summed E-state index contributed by atoms with van der Waals surface area (Å²) in [4.78, 5) is 38.4. The molecule has 6 N–H and O–H groups in total. The molecule has 0 spiro atoms. The molecule has 0 saturated heterocycles. The highest BCUT2D eigenvalue weighted by molar-refractivity contribution is 5.75. The Morgan fingerprint density at radius 3 is 2.44 bits per heavy atom. The van der Waals surface area contributed by atoms with Gasteiger partial charge in [-0.25, -0.2) is 4.79 Å². The number of aromatic hydroxyl groups is 1. The van der Waals surface area contributed by atoms with Crippen molar-refractivity contribution in [2.45, 2.75) is 51.0 Å². The van der Waals surface area contributed by atoms with Gasteiger partial charge in [0.25, 0.3) is 5.56 Å². The highest BCUT2D eigenvalue weighted by atomic mass is 16.5. The SMILES string of the molecule is O=CNc1cc([C@@H](O)CNCCCCCCOCCCCc2ccc(-c3c[nH]c(=O)[nH]c3=O)cc2)ccc1O. The van der Waals surface area contributed by atoms with E-state index in [4.69, 9.17) is 4.74 Å². The van der Waals surface area contributed by atoms with Gasteiger partial charge < -0.3 is 30.6 Å². The summed E-state index contributed by atoms with van der Waals surface area (Å²) < 4.78 is 5.75. The van der Waals surface area contributed by atoms with Crippen LogP contribution in [0.3, 0.4) is 0 Å². The maximum absolute atomic E-state index is 11.9. The highest BCUT2D eigenvalue weighted by Crippen LogP contribution is 2.26. The molecule has 3 rings (SSSR count). The van der Waals surface area contributed by atoms with Gasteiger partial charge in [-0.05, 0) is 67.5 Å². The zero-order valence-corrected chi connectivity index (χ0v) is 22.1. The fraction of sp³-hybridized carbons (Fsp3) is 0.414. The Morgan fingerprint density at radius 1 is 0.949 bits per heavy atom. The highest BCUT2D eigenvalue weighted by Gasteiger charge is 2.10. The number of phenols is 1. The van der Waals surface area contributed by atoms with Crippen LogP contribution in [0.5, 0.6) is 5.75 Å². The Kier molecular flexibility index (Phi) is 12.4. The number of unbranched alkanes of at least 4 members (excludes halogenated alkanes) is 4. The molecule has 39 heavy (non-hydrogen) atoms. The zero-order valence-electron chi connectivity index (χ0n) is 22.1. The fourth-order valence-corrected chi connectivity index (χ4v) is 4.21. The summed E-state index contributed by atoms with van der Waals surface area (Å²) in [6.45, 7) is 2.70. The van der Waals surface area contributed by atoms with Crippen molar-refractivity contribution in [3.8, 4) is 16.9 Å². The molecular weight excluding hydrogens is 500 g/mol. The Labute approximate surface area is 227 Å². The number of aliphatic hydroxyl groups is 1. The van der Waals surface area contributed by atoms with Crippen molar-refractivity contribution in [1.29, 1.82) is 0 Å². The predicted molar refractivity (Wildman–Crippen MR) is 151 cm³/mol. The Morgan fingerprint density at radius 2 is 1.69 bits per heavy atom. The molecule has 0 fully saturated rings. The molecule has 10 heteroatoms. The molecule has 10 nitrogen and oxygen atoms in total. The standard InChI is InChI=1S/C29H38N4O6/c34-20-32-25-17-23(12-13-26(25)35)27(36)19-30-14-4-1-2-5-15-39-16-6-3-7-21-8-10-22(11-9-21)24-18-31-29(38)33-28(24)37/h8-13,17-18,20,27,30,35-36H,1-7,14-16,19H2,(H,32,34)(H2,31,33,37,38)/t27-/m0/s1. The van der Waals surface area contributed by atoms with Crippen LogP contribution in [0.4, 0.5) is 5.69 Å². The minimum Gasteiger partial charge on any atom is -0.506 e. The van der Waals surface area contributed by atoms with Gasteiger partial charge in [0.1, 0.15) is 5.75 Å². The van der Waals surface area contributed by atoms with Crippen molar-refractivity contribution in [2.24, 2.45) is 0 Å². The Balaban J connectivity index is 1.17. The quantitative estimate of drug-likeness (QED) is 0.0825. The topological polar surface area (TPSA) is 157 Å². The number of hydrogen-bond acceptors (Lipinski definition) is 7. The average Bonchev–Trinajstić information content (AvgIpc) is 2.93. The molecule has 0 bridgehead atoms. The van der Waals surface area contributed by atoms with Crippen LogP contribution in [0.2, 0.25) is 0 Å². The number of amides is 1. The molecule has 0 aliphatic rings.